The molecule has 1 amide bonds. The first-order valence-corrected chi connectivity index (χ1v) is 9.83. The van der Waals surface area contributed by atoms with E-state index in [9.17, 15) is 18.0 Å². The highest BCUT2D eigenvalue weighted by atomic mass is 32.2. The zero-order chi connectivity index (χ0) is 21.1. The summed E-state index contributed by atoms with van der Waals surface area (Å²) in [6.07, 6.45) is -3.66. The van der Waals surface area contributed by atoms with Gasteiger partial charge in [0.05, 0.1) is 11.1 Å². The number of aliphatic imine (C=N–C) groups is 1. The van der Waals surface area contributed by atoms with Crippen molar-refractivity contribution in [3.05, 3.63) is 59.7 Å². The molecule has 1 heterocycles. The molecule has 2 aromatic carbocycles. The number of amidine groups is 1. The highest BCUT2D eigenvalue weighted by molar-refractivity contribution is 8.13. The molecule has 5 nitrogen and oxygen atoms in total. The number of benzene rings is 2. The molecule has 0 saturated carbocycles. The van der Waals surface area contributed by atoms with Crippen molar-refractivity contribution in [3.63, 3.8) is 0 Å². The normalized spacial score (nSPS) is 19.4. The molecule has 1 unspecified atom stereocenters. The Morgan fingerprint density at radius 2 is 2.03 bits per heavy atom. The van der Waals surface area contributed by atoms with Crippen LogP contribution in [0.5, 0.6) is 5.75 Å². The van der Waals surface area contributed by atoms with Crippen LogP contribution in [0.25, 0.3) is 0 Å². The molecular formula is C20H20F3N3O2S. The van der Waals surface area contributed by atoms with Gasteiger partial charge in [-0.1, -0.05) is 30.0 Å². The van der Waals surface area contributed by atoms with Gasteiger partial charge in [-0.05, 0) is 49.2 Å². The first kappa shape index (κ1) is 21.0. The molecule has 0 saturated heterocycles. The third-order valence-electron chi connectivity index (χ3n) is 4.50. The highest BCUT2D eigenvalue weighted by Gasteiger charge is 2.31. The molecule has 1 aliphatic rings. The number of nitrogens with two attached hydrogens (primary N) is 1. The van der Waals surface area contributed by atoms with E-state index < -0.39 is 23.2 Å². The fourth-order valence-corrected chi connectivity index (χ4v) is 3.91. The molecule has 0 aromatic heterocycles. The molecular weight excluding hydrogens is 403 g/mol. The summed E-state index contributed by atoms with van der Waals surface area (Å²) < 4.78 is 43.8. The average Bonchev–Trinajstić information content (AvgIpc) is 2.66. The van der Waals surface area contributed by atoms with E-state index in [1.54, 1.807) is 18.2 Å². The Hall–Kier alpha value is -2.68. The molecule has 154 valence electrons. The monoisotopic (exact) mass is 423 g/mol. The molecule has 1 aliphatic heterocycles. The Kier molecular flexibility index (Phi) is 6.07. The van der Waals surface area contributed by atoms with Gasteiger partial charge in [-0.15, -0.1) is 0 Å². The SMILES string of the molecule is CC1(c2cccc(OCC(=O)Nc3cccc(C(F)(F)F)c3)c2)CCSC(N)=N1. The summed E-state index contributed by atoms with van der Waals surface area (Å²) in [6.45, 7) is 1.65. The summed E-state index contributed by atoms with van der Waals surface area (Å²) in [7, 11) is 0. The molecule has 9 heteroatoms. The molecule has 0 aliphatic carbocycles. The molecule has 3 rings (SSSR count). The standard InChI is InChI=1S/C20H20F3N3O2S/c1-19(8-9-29-18(24)26-19)13-4-3-7-16(11-13)28-12-17(27)25-15-6-2-5-14(10-15)20(21,22)23/h2-7,10-11H,8-9,12H2,1H3,(H2,24,26)(H,25,27). The van der Waals surface area contributed by atoms with E-state index in [0.29, 0.717) is 10.9 Å². The summed E-state index contributed by atoms with van der Waals surface area (Å²) in [6, 6.07) is 11.7. The number of nitrogens with one attached hydrogen (secondary N) is 1. The van der Waals surface area contributed by atoms with E-state index >= 15 is 0 Å². The van der Waals surface area contributed by atoms with Gasteiger partial charge in [-0.25, -0.2) is 0 Å². The minimum atomic E-state index is -4.47. The minimum absolute atomic E-state index is 0.0548. The van der Waals surface area contributed by atoms with Crippen molar-refractivity contribution in [2.75, 3.05) is 17.7 Å². The summed E-state index contributed by atoms with van der Waals surface area (Å²) in [5, 5.41) is 2.94. The minimum Gasteiger partial charge on any atom is -0.484 e. The maximum atomic E-state index is 12.8. The third-order valence-corrected chi connectivity index (χ3v) is 5.29. The Morgan fingerprint density at radius 3 is 2.76 bits per heavy atom. The third kappa shape index (κ3) is 5.44. The molecule has 0 spiro atoms. The fourth-order valence-electron chi connectivity index (χ4n) is 2.93. The van der Waals surface area contributed by atoms with E-state index in [1.165, 1.54) is 23.9 Å². The number of ether oxygens (including phenoxy) is 1. The van der Waals surface area contributed by atoms with Gasteiger partial charge in [0.25, 0.3) is 5.91 Å². The number of carbonyl (C=O) groups excluding carboxylic acids is 1. The number of anilines is 1. The summed E-state index contributed by atoms with van der Waals surface area (Å²) in [5.74, 6) is 0.767. The molecule has 3 N–H and O–H groups in total. The number of hydrogen-bond acceptors (Lipinski definition) is 5. The van der Waals surface area contributed by atoms with Crippen LogP contribution in [0.1, 0.15) is 24.5 Å². The van der Waals surface area contributed by atoms with Gasteiger partial charge in [0.15, 0.2) is 11.8 Å². The van der Waals surface area contributed by atoms with E-state index in [4.69, 9.17) is 10.5 Å². The Morgan fingerprint density at radius 1 is 1.28 bits per heavy atom. The van der Waals surface area contributed by atoms with Crippen LogP contribution in [0, 0.1) is 0 Å². The van der Waals surface area contributed by atoms with Gasteiger partial charge in [-0.3, -0.25) is 9.79 Å². The van der Waals surface area contributed by atoms with Gasteiger partial charge in [0.2, 0.25) is 0 Å². The summed E-state index contributed by atoms with van der Waals surface area (Å²) >= 11 is 1.51. The van der Waals surface area contributed by atoms with Crippen molar-refractivity contribution in [2.24, 2.45) is 10.7 Å². The lowest BCUT2D eigenvalue weighted by Crippen LogP contribution is -2.28. The second-order valence-corrected chi connectivity index (χ2v) is 7.88. The van der Waals surface area contributed by atoms with E-state index in [-0.39, 0.29) is 12.3 Å². The van der Waals surface area contributed by atoms with E-state index in [1.807, 2.05) is 13.0 Å². The van der Waals surface area contributed by atoms with Crippen LogP contribution in [0.15, 0.2) is 53.5 Å². The predicted molar refractivity (Wildman–Crippen MR) is 108 cm³/mol. The van der Waals surface area contributed by atoms with Crippen LogP contribution in [0.3, 0.4) is 0 Å². The number of amides is 1. The molecule has 0 bridgehead atoms. The van der Waals surface area contributed by atoms with Gasteiger partial charge < -0.3 is 15.8 Å². The van der Waals surface area contributed by atoms with E-state index in [0.717, 1.165) is 29.9 Å². The van der Waals surface area contributed by atoms with Crippen LogP contribution >= 0.6 is 11.8 Å². The Labute approximate surface area is 170 Å². The fraction of sp³-hybridized carbons (Fsp3) is 0.300. The summed E-state index contributed by atoms with van der Waals surface area (Å²) in [4.78, 5) is 16.6. The average molecular weight is 423 g/mol. The van der Waals surface area contributed by atoms with E-state index in [2.05, 4.69) is 10.3 Å². The molecule has 29 heavy (non-hydrogen) atoms. The Balaban J connectivity index is 1.63. The van der Waals surface area contributed by atoms with Crippen molar-refractivity contribution < 1.29 is 22.7 Å². The number of halogens is 3. The number of thioether (sulfide) groups is 1. The highest BCUT2D eigenvalue weighted by Crippen LogP contribution is 2.36. The van der Waals surface area contributed by atoms with Crippen molar-refractivity contribution in [3.8, 4) is 5.75 Å². The molecule has 2 aromatic rings. The van der Waals surface area contributed by atoms with Gasteiger partial charge >= 0.3 is 6.18 Å². The molecule has 1 atom stereocenters. The number of carbonyl (C=O) groups is 1. The first-order valence-electron chi connectivity index (χ1n) is 8.84. The quantitative estimate of drug-likeness (QED) is 0.748. The van der Waals surface area contributed by atoms with Crippen molar-refractivity contribution in [1.82, 2.24) is 0 Å². The lowest BCUT2D eigenvalue weighted by molar-refractivity contribution is -0.137. The number of hydrogen-bond donors (Lipinski definition) is 2. The zero-order valence-electron chi connectivity index (χ0n) is 15.6. The van der Waals surface area contributed by atoms with Crippen LogP contribution in [0.4, 0.5) is 18.9 Å². The zero-order valence-corrected chi connectivity index (χ0v) is 16.4. The summed E-state index contributed by atoms with van der Waals surface area (Å²) in [5.41, 5.74) is 5.53. The maximum absolute atomic E-state index is 12.8. The van der Waals surface area contributed by atoms with Crippen molar-refractivity contribution >= 4 is 28.5 Å². The molecule has 0 radical (unpaired) electrons. The topological polar surface area (TPSA) is 76.7 Å². The largest absolute Gasteiger partial charge is 0.484 e. The van der Waals surface area contributed by atoms with Crippen LogP contribution in [0.2, 0.25) is 0 Å². The number of nitrogens with zero attached hydrogens (tertiary/aromatic N) is 1. The van der Waals surface area contributed by atoms with Crippen molar-refractivity contribution in [2.45, 2.75) is 25.1 Å². The van der Waals surface area contributed by atoms with Crippen LogP contribution in [-0.2, 0) is 16.5 Å². The first-order chi connectivity index (χ1) is 13.7. The van der Waals surface area contributed by atoms with Crippen LogP contribution in [-0.4, -0.2) is 23.4 Å². The van der Waals surface area contributed by atoms with Gasteiger partial charge in [0, 0.05) is 11.4 Å². The smallest absolute Gasteiger partial charge is 0.416 e. The number of rotatable bonds is 5. The van der Waals surface area contributed by atoms with Crippen LogP contribution < -0.4 is 15.8 Å². The van der Waals surface area contributed by atoms with Gasteiger partial charge in [0.1, 0.15) is 5.75 Å². The lowest BCUT2D eigenvalue weighted by Gasteiger charge is -2.30. The predicted octanol–water partition coefficient (Wildman–Crippen LogP) is 4.39. The van der Waals surface area contributed by atoms with Gasteiger partial charge in [-0.2, -0.15) is 13.2 Å². The maximum Gasteiger partial charge on any atom is 0.416 e. The Bertz CT molecular complexity index is 933. The van der Waals surface area contributed by atoms with Crippen molar-refractivity contribution in [1.29, 1.82) is 0 Å². The second kappa shape index (κ2) is 8.36. The number of alkyl halides is 3. The molecule has 0 fully saturated rings. The lowest BCUT2D eigenvalue weighted by atomic mass is 9.90. The second-order valence-electron chi connectivity index (χ2n) is 6.77.